The van der Waals surface area contributed by atoms with Crippen molar-refractivity contribution in [2.75, 3.05) is 5.32 Å². The van der Waals surface area contributed by atoms with E-state index in [0.717, 1.165) is 16.7 Å². The van der Waals surface area contributed by atoms with Gasteiger partial charge in [-0.3, -0.25) is 0 Å². The Hall–Kier alpha value is -2.13. The van der Waals surface area contributed by atoms with Crippen LogP contribution in [-0.4, -0.2) is 9.97 Å². The molecule has 0 saturated carbocycles. The predicted molar refractivity (Wildman–Crippen MR) is 83.0 cm³/mol. The first kappa shape index (κ1) is 12.9. The highest BCUT2D eigenvalue weighted by atomic mass is 35.5. The summed E-state index contributed by atoms with van der Waals surface area (Å²) in [5.74, 6) is 0.822. The Morgan fingerprint density at radius 2 is 1.85 bits per heavy atom. The SMILES string of the molecule is C[C@H](Nc1ncnc2cc(Cl)ccc12)c1ccccc1. The predicted octanol–water partition coefficient (Wildman–Crippen LogP) is 4.46. The Morgan fingerprint density at radius 3 is 2.65 bits per heavy atom. The average molecular weight is 284 g/mol. The number of rotatable bonds is 3. The molecule has 0 unspecified atom stereocenters. The maximum atomic E-state index is 5.99. The number of aromatic nitrogens is 2. The number of nitrogens with zero attached hydrogens (tertiary/aromatic N) is 2. The summed E-state index contributed by atoms with van der Waals surface area (Å²) in [4.78, 5) is 8.58. The van der Waals surface area contributed by atoms with Crippen LogP contribution in [0.1, 0.15) is 18.5 Å². The van der Waals surface area contributed by atoms with Gasteiger partial charge in [-0.25, -0.2) is 9.97 Å². The van der Waals surface area contributed by atoms with Gasteiger partial charge in [-0.15, -0.1) is 0 Å². The fourth-order valence-electron chi connectivity index (χ4n) is 2.18. The quantitative estimate of drug-likeness (QED) is 0.771. The maximum absolute atomic E-state index is 5.99. The van der Waals surface area contributed by atoms with Crippen LogP contribution in [0, 0.1) is 0 Å². The topological polar surface area (TPSA) is 37.8 Å². The van der Waals surface area contributed by atoms with Gasteiger partial charge in [0, 0.05) is 16.5 Å². The van der Waals surface area contributed by atoms with Crippen molar-refractivity contribution < 1.29 is 0 Å². The molecule has 0 amide bonds. The lowest BCUT2D eigenvalue weighted by molar-refractivity contribution is 0.876. The second kappa shape index (κ2) is 5.47. The Kier molecular flexibility index (Phi) is 3.52. The van der Waals surface area contributed by atoms with Gasteiger partial charge < -0.3 is 5.32 Å². The van der Waals surface area contributed by atoms with E-state index in [9.17, 15) is 0 Å². The standard InChI is InChI=1S/C16H14ClN3/c1-11(12-5-3-2-4-6-12)20-16-14-8-7-13(17)9-15(14)18-10-19-16/h2-11H,1H3,(H,18,19,20)/t11-/m0/s1. The molecule has 1 N–H and O–H groups in total. The van der Waals surface area contributed by atoms with E-state index in [-0.39, 0.29) is 6.04 Å². The second-order valence-electron chi connectivity index (χ2n) is 4.66. The first-order valence-electron chi connectivity index (χ1n) is 6.46. The molecule has 0 spiro atoms. The van der Waals surface area contributed by atoms with Gasteiger partial charge in [0.15, 0.2) is 0 Å². The zero-order valence-electron chi connectivity index (χ0n) is 11.0. The van der Waals surface area contributed by atoms with Crippen LogP contribution >= 0.6 is 11.6 Å². The third-order valence-corrected chi connectivity index (χ3v) is 3.49. The van der Waals surface area contributed by atoms with E-state index in [2.05, 4.69) is 34.3 Å². The summed E-state index contributed by atoms with van der Waals surface area (Å²) in [6.07, 6.45) is 1.55. The van der Waals surface area contributed by atoms with Gasteiger partial charge in [-0.2, -0.15) is 0 Å². The first-order chi connectivity index (χ1) is 9.74. The van der Waals surface area contributed by atoms with Gasteiger partial charge in [0.2, 0.25) is 0 Å². The molecule has 2 aromatic carbocycles. The monoisotopic (exact) mass is 283 g/mol. The average Bonchev–Trinajstić information content (AvgIpc) is 2.48. The maximum Gasteiger partial charge on any atom is 0.137 e. The molecule has 3 aromatic rings. The molecule has 1 atom stereocenters. The molecule has 0 aliphatic carbocycles. The van der Waals surface area contributed by atoms with Gasteiger partial charge in [0.05, 0.1) is 5.52 Å². The number of halogens is 1. The van der Waals surface area contributed by atoms with Gasteiger partial charge in [0.1, 0.15) is 12.1 Å². The van der Waals surface area contributed by atoms with Crippen molar-refractivity contribution in [1.82, 2.24) is 9.97 Å². The Bertz CT molecular complexity index is 728. The molecular formula is C16H14ClN3. The molecule has 4 heteroatoms. The van der Waals surface area contributed by atoms with E-state index in [0.29, 0.717) is 5.02 Å². The van der Waals surface area contributed by atoms with Crippen molar-refractivity contribution >= 4 is 28.3 Å². The number of fused-ring (bicyclic) bond motifs is 1. The van der Waals surface area contributed by atoms with Crippen LogP contribution in [0.25, 0.3) is 10.9 Å². The number of nitrogens with one attached hydrogen (secondary N) is 1. The van der Waals surface area contributed by atoms with Crippen LogP contribution in [0.4, 0.5) is 5.82 Å². The van der Waals surface area contributed by atoms with Gasteiger partial charge in [-0.1, -0.05) is 41.9 Å². The smallest absolute Gasteiger partial charge is 0.137 e. The molecule has 1 aromatic heterocycles. The minimum atomic E-state index is 0.171. The molecule has 0 aliphatic rings. The fraction of sp³-hybridized carbons (Fsp3) is 0.125. The number of hydrogen-bond donors (Lipinski definition) is 1. The van der Waals surface area contributed by atoms with Crippen molar-refractivity contribution in [1.29, 1.82) is 0 Å². The summed E-state index contributed by atoms with van der Waals surface area (Å²) >= 11 is 5.99. The summed E-state index contributed by atoms with van der Waals surface area (Å²) in [6, 6.07) is 16.1. The van der Waals surface area contributed by atoms with E-state index >= 15 is 0 Å². The van der Waals surface area contributed by atoms with Crippen molar-refractivity contribution in [3.05, 3.63) is 65.4 Å². The van der Waals surface area contributed by atoms with Crippen LogP contribution in [0.15, 0.2) is 54.9 Å². The fourth-order valence-corrected chi connectivity index (χ4v) is 2.34. The summed E-state index contributed by atoms with van der Waals surface area (Å²) in [6.45, 7) is 2.11. The van der Waals surface area contributed by atoms with Crippen molar-refractivity contribution in [2.45, 2.75) is 13.0 Å². The van der Waals surface area contributed by atoms with Crippen LogP contribution in [0.3, 0.4) is 0 Å². The Balaban J connectivity index is 1.95. The van der Waals surface area contributed by atoms with Gasteiger partial charge in [-0.05, 0) is 30.7 Å². The molecule has 1 heterocycles. The molecule has 0 saturated heterocycles. The zero-order chi connectivity index (χ0) is 13.9. The molecule has 0 aliphatic heterocycles. The second-order valence-corrected chi connectivity index (χ2v) is 5.10. The first-order valence-corrected chi connectivity index (χ1v) is 6.83. The highest BCUT2D eigenvalue weighted by Crippen LogP contribution is 2.25. The number of hydrogen-bond acceptors (Lipinski definition) is 3. The zero-order valence-corrected chi connectivity index (χ0v) is 11.8. The minimum Gasteiger partial charge on any atom is -0.363 e. The van der Waals surface area contributed by atoms with Crippen molar-refractivity contribution in [3.8, 4) is 0 Å². The molecular weight excluding hydrogens is 270 g/mol. The van der Waals surface area contributed by atoms with Crippen LogP contribution in [0.5, 0.6) is 0 Å². The van der Waals surface area contributed by atoms with E-state index in [1.807, 2.05) is 36.4 Å². The molecule has 20 heavy (non-hydrogen) atoms. The lowest BCUT2D eigenvalue weighted by atomic mass is 10.1. The Morgan fingerprint density at radius 1 is 1.05 bits per heavy atom. The summed E-state index contributed by atoms with van der Waals surface area (Å²) in [5, 5.41) is 5.08. The number of benzene rings is 2. The van der Waals surface area contributed by atoms with Crippen molar-refractivity contribution in [2.24, 2.45) is 0 Å². The van der Waals surface area contributed by atoms with E-state index in [1.54, 1.807) is 6.33 Å². The highest BCUT2D eigenvalue weighted by Gasteiger charge is 2.09. The van der Waals surface area contributed by atoms with Gasteiger partial charge >= 0.3 is 0 Å². The van der Waals surface area contributed by atoms with Crippen LogP contribution in [-0.2, 0) is 0 Å². The minimum absolute atomic E-state index is 0.171. The summed E-state index contributed by atoms with van der Waals surface area (Å²) in [7, 11) is 0. The lowest BCUT2D eigenvalue weighted by Crippen LogP contribution is -2.08. The molecule has 0 radical (unpaired) electrons. The summed E-state index contributed by atoms with van der Waals surface area (Å²) < 4.78 is 0. The highest BCUT2D eigenvalue weighted by molar-refractivity contribution is 6.31. The van der Waals surface area contributed by atoms with E-state index < -0.39 is 0 Å². The molecule has 3 rings (SSSR count). The molecule has 0 fully saturated rings. The van der Waals surface area contributed by atoms with Crippen LogP contribution < -0.4 is 5.32 Å². The number of anilines is 1. The van der Waals surface area contributed by atoms with Crippen molar-refractivity contribution in [3.63, 3.8) is 0 Å². The van der Waals surface area contributed by atoms with Crippen LogP contribution in [0.2, 0.25) is 5.02 Å². The van der Waals surface area contributed by atoms with Gasteiger partial charge in [0.25, 0.3) is 0 Å². The third-order valence-electron chi connectivity index (χ3n) is 3.25. The normalized spacial score (nSPS) is 12.3. The molecule has 0 bridgehead atoms. The molecule has 3 nitrogen and oxygen atoms in total. The third kappa shape index (κ3) is 2.58. The van der Waals surface area contributed by atoms with E-state index in [4.69, 9.17) is 11.6 Å². The summed E-state index contributed by atoms with van der Waals surface area (Å²) in [5.41, 5.74) is 2.06. The Labute approximate surface area is 122 Å². The largest absolute Gasteiger partial charge is 0.363 e. The van der Waals surface area contributed by atoms with E-state index in [1.165, 1.54) is 5.56 Å². The molecule has 100 valence electrons. The lowest BCUT2D eigenvalue weighted by Gasteiger charge is -2.16.